The SMILES string of the molecule is CCCCCNS(=O)(=O)c1cc(CO)c(C)cc1C. The first-order chi connectivity index (χ1) is 8.92. The lowest BCUT2D eigenvalue weighted by Gasteiger charge is -2.12. The van der Waals surface area contributed by atoms with Crippen molar-refractivity contribution in [2.45, 2.75) is 51.5 Å². The van der Waals surface area contributed by atoms with Gasteiger partial charge in [-0.2, -0.15) is 0 Å². The molecule has 0 radical (unpaired) electrons. The molecule has 19 heavy (non-hydrogen) atoms. The van der Waals surface area contributed by atoms with E-state index >= 15 is 0 Å². The highest BCUT2D eigenvalue weighted by atomic mass is 32.2. The third-order valence-electron chi connectivity index (χ3n) is 3.17. The summed E-state index contributed by atoms with van der Waals surface area (Å²) in [5.41, 5.74) is 2.27. The maximum absolute atomic E-state index is 12.2. The number of rotatable bonds is 7. The number of hydrogen-bond donors (Lipinski definition) is 2. The second-order valence-electron chi connectivity index (χ2n) is 4.81. The van der Waals surface area contributed by atoms with Crippen molar-refractivity contribution in [2.75, 3.05) is 6.54 Å². The molecule has 0 spiro atoms. The Kier molecular flexibility index (Phi) is 5.97. The molecule has 1 aromatic carbocycles. The zero-order valence-electron chi connectivity index (χ0n) is 11.9. The van der Waals surface area contributed by atoms with Crippen LogP contribution in [0.2, 0.25) is 0 Å². The number of aryl methyl sites for hydroxylation is 2. The summed E-state index contributed by atoms with van der Waals surface area (Å²) >= 11 is 0. The first-order valence-electron chi connectivity index (χ1n) is 6.63. The number of sulfonamides is 1. The number of benzene rings is 1. The number of aliphatic hydroxyl groups excluding tert-OH is 1. The summed E-state index contributed by atoms with van der Waals surface area (Å²) < 4.78 is 27.0. The van der Waals surface area contributed by atoms with Crippen molar-refractivity contribution in [3.63, 3.8) is 0 Å². The quantitative estimate of drug-likeness (QED) is 0.755. The standard InChI is InChI=1S/C14H23NO3S/c1-4-5-6-7-15-19(17,18)14-9-13(10-16)11(2)8-12(14)3/h8-9,15-16H,4-7,10H2,1-3H3. The molecule has 0 bridgehead atoms. The lowest BCUT2D eigenvalue weighted by Crippen LogP contribution is -2.25. The van der Waals surface area contributed by atoms with Crippen molar-refractivity contribution in [3.05, 3.63) is 28.8 Å². The van der Waals surface area contributed by atoms with E-state index in [1.165, 1.54) is 0 Å². The van der Waals surface area contributed by atoms with Crippen molar-refractivity contribution in [3.8, 4) is 0 Å². The number of unbranched alkanes of at least 4 members (excludes halogenated alkanes) is 2. The Balaban J connectivity index is 2.94. The molecule has 0 unspecified atom stereocenters. The van der Waals surface area contributed by atoms with Gasteiger partial charge in [-0.15, -0.1) is 0 Å². The molecular formula is C14H23NO3S. The predicted octanol–water partition coefficient (Wildman–Crippen LogP) is 2.26. The maximum Gasteiger partial charge on any atom is 0.240 e. The topological polar surface area (TPSA) is 66.4 Å². The molecule has 0 heterocycles. The van der Waals surface area contributed by atoms with Crippen LogP contribution in [0.4, 0.5) is 0 Å². The molecule has 0 aromatic heterocycles. The molecule has 5 heteroatoms. The van der Waals surface area contributed by atoms with Crippen LogP contribution in [-0.4, -0.2) is 20.1 Å². The molecule has 1 rings (SSSR count). The molecule has 2 N–H and O–H groups in total. The number of nitrogens with one attached hydrogen (secondary N) is 1. The maximum atomic E-state index is 12.2. The van der Waals surface area contributed by atoms with Crippen molar-refractivity contribution in [1.82, 2.24) is 4.72 Å². The van der Waals surface area contributed by atoms with Gasteiger partial charge in [0.2, 0.25) is 10.0 Å². The monoisotopic (exact) mass is 285 g/mol. The zero-order valence-corrected chi connectivity index (χ0v) is 12.7. The fraction of sp³-hybridized carbons (Fsp3) is 0.571. The second kappa shape index (κ2) is 7.03. The lowest BCUT2D eigenvalue weighted by molar-refractivity contribution is 0.280. The molecule has 0 fully saturated rings. The Morgan fingerprint density at radius 3 is 2.42 bits per heavy atom. The normalized spacial score (nSPS) is 11.8. The van der Waals surface area contributed by atoms with E-state index in [0.717, 1.165) is 24.8 Å². The first-order valence-corrected chi connectivity index (χ1v) is 8.11. The van der Waals surface area contributed by atoms with Crippen LogP contribution < -0.4 is 4.72 Å². The summed E-state index contributed by atoms with van der Waals surface area (Å²) in [6.07, 6.45) is 2.91. The van der Waals surface area contributed by atoms with Crippen molar-refractivity contribution in [2.24, 2.45) is 0 Å². The average molecular weight is 285 g/mol. The Bertz CT molecular complexity index is 524. The summed E-state index contributed by atoms with van der Waals surface area (Å²) in [6, 6.07) is 3.36. The van der Waals surface area contributed by atoms with Crippen LogP contribution in [-0.2, 0) is 16.6 Å². The minimum atomic E-state index is -3.48. The Morgan fingerprint density at radius 1 is 1.16 bits per heavy atom. The van der Waals surface area contributed by atoms with E-state index in [4.69, 9.17) is 0 Å². The predicted molar refractivity (Wildman–Crippen MR) is 76.6 cm³/mol. The van der Waals surface area contributed by atoms with Gasteiger partial charge < -0.3 is 5.11 Å². The molecule has 0 aliphatic rings. The van der Waals surface area contributed by atoms with Crippen LogP contribution in [0.5, 0.6) is 0 Å². The molecular weight excluding hydrogens is 262 g/mol. The fourth-order valence-electron chi connectivity index (χ4n) is 1.99. The van der Waals surface area contributed by atoms with E-state index in [2.05, 4.69) is 11.6 Å². The van der Waals surface area contributed by atoms with Gasteiger partial charge in [-0.05, 0) is 43.0 Å². The van der Waals surface area contributed by atoms with Gasteiger partial charge in [0.25, 0.3) is 0 Å². The summed E-state index contributed by atoms with van der Waals surface area (Å²) in [4.78, 5) is 0.263. The summed E-state index contributed by atoms with van der Waals surface area (Å²) in [7, 11) is -3.48. The third-order valence-corrected chi connectivity index (χ3v) is 4.77. The van der Waals surface area contributed by atoms with Gasteiger partial charge in [-0.25, -0.2) is 13.1 Å². The third kappa shape index (κ3) is 4.30. The minimum absolute atomic E-state index is 0.148. The smallest absolute Gasteiger partial charge is 0.240 e. The Hall–Kier alpha value is -0.910. The minimum Gasteiger partial charge on any atom is -0.392 e. The van der Waals surface area contributed by atoms with Crippen LogP contribution in [0, 0.1) is 13.8 Å². The van der Waals surface area contributed by atoms with E-state index in [-0.39, 0.29) is 11.5 Å². The Morgan fingerprint density at radius 2 is 1.84 bits per heavy atom. The number of hydrogen-bond acceptors (Lipinski definition) is 3. The summed E-state index contributed by atoms with van der Waals surface area (Å²) in [5.74, 6) is 0. The average Bonchev–Trinajstić information content (AvgIpc) is 2.34. The van der Waals surface area contributed by atoms with Crippen LogP contribution in [0.1, 0.15) is 42.9 Å². The summed E-state index contributed by atoms with van der Waals surface area (Å²) in [5, 5.41) is 9.23. The van der Waals surface area contributed by atoms with E-state index < -0.39 is 10.0 Å². The fourth-order valence-corrected chi connectivity index (χ4v) is 3.34. The van der Waals surface area contributed by atoms with Crippen LogP contribution in [0.3, 0.4) is 0 Å². The van der Waals surface area contributed by atoms with Gasteiger partial charge in [0, 0.05) is 6.54 Å². The highest BCUT2D eigenvalue weighted by molar-refractivity contribution is 7.89. The molecule has 0 amide bonds. The van der Waals surface area contributed by atoms with Crippen LogP contribution >= 0.6 is 0 Å². The van der Waals surface area contributed by atoms with Gasteiger partial charge in [0.15, 0.2) is 0 Å². The second-order valence-corrected chi connectivity index (χ2v) is 6.54. The van der Waals surface area contributed by atoms with Gasteiger partial charge in [-0.1, -0.05) is 25.8 Å². The van der Waals surface area contributed by atoms with Crippen molar-refractivity contribution in [1.29, 1.82) is 0 Å². The zero-order chi connectivity index (χ0) is 14.5. The highest BCUT2D eigenvalue weighted by Gasteiger charge is 2.17. The molecule has 108 valence electrons. The van der Waals surface area contributed by atoms with E-state index in [1.807, 2.05) is 6.92 Å². The Labute approximate surface area is 115 Å². The summed E-state index contributed by atoms with van der Waals surface area (Å²) in [6.45, 7) is 6.02. The van der Waals surface area contributed by atoms with E-state index in [9.17, 15) is 13.5 Å². The number of aliphatic hydroxyl groups is 1. The van der Waals surface area contributed by atoms with Crippen LogP contribution in [0.25, 0.3) is 0 Å². The van der Waals surface area contributed by atoms with Gasteiger partial charge in [0.05, 0.1) is 11.5 Å². The van der Waals surface area contributed by atoms with E-state index in [0.29, 0.717) is 17.7 Å². The molecule has 0 saturated heterocycles. The molecule has 0 atom stereocenters. The molecule has 1 aromatic rings. The van der Waals surface area contributed by atoms with Gasteiger partial charge >= 0.3 is 0 Å². The molecule has 0 aliphatic carbocycles. The molecule has 4 nitrogen and oxygen atoms in total. The molecule has 0 aliphatic heterocycles. The first kappa shape index (κ1) is 16.1. The van der Waals surface area contributed by atoms with Crippen molar-refractivity contribution < 1.29 is 13.5 Å². The van der Waals surface area contributed by atoms with Crippen molar-refractivity contribution >= 4 is 10.0 Å². The lowest BCUT2D eigenvalue weighted by atomic mass is 10.1. The highest BCUT2D eigenvalue weighted by Crippen LogP contribution is 2.20. The molecule has 0 saturated carbocycles. The van der Waals surface area contributed by atoms with Gasteiger partial charge in [-0.3, -0.25) is 0 Å². The van der Waals surface area contributed by atoms with Gasteiger partial charge in [0.1, 0.15) is 0 Å². The van der Waals surface area contributed by atoms with E-state index in [1.54, 1.807) is 19.1 Å². The largest absolute Gasteiger partial charge is 0.392 e. The van der Waals surface area contributed by atoms with Crippen LogP contribution in [0.15, 0.2) is 17.0 Å².